The van der Waals surface area contributed by atoms with Crippen molar-refractivity contribution in [2.24, 2.45) is 0 Å². The first-order valence-corrected chi connectivity index (χ1v) is 13.7. The number of anilines is 2. The highest BCUT2D eigenvalue weighted by Crippen LogP contribution is 2.45. The molecule has 33 heavy (non-hydrogen) atoms. The molecule has 2 aliphatic rings. The van der Waals surface area contributed by atoms with Gasteiger partial charge in [0.05, 0.1) is 16.6 Å². The van der Waals surface area contributed by atoms with E-state index in [1.165, 1.54) is 10.5 Å². The minimum Gasteiger partial charge on any atom is -0.354 e. The van der Waals surface area contributed by atoms with Gasteiger partial charge in [0.2, 0.25) is 10.0 Å². The Bertz CT molecular complexity index is 1260. The van der Waals surface area contributed by atoms with Crippen molar-refractivity contribution >= 4 is 44.8 Å². The van der Waals surface area contributed by atoms with Crippen LogP contribution in [0.25, 0.3) is 0 Å². The maximum Gasteiger partial charge on any atom is 0.220 e. The van der Waals surface area contributed by atoms with Crippen molar-refractivity contribution in [3.8, 4) is 0 Å². The van der Waals surface area contributed by atoms with Crippen LogP contribution in [0.5, 0.6) is 0 Å². The van der Waals surface area contributed by atoms with Gasteiger partial charge >= 0.3 is 0 Å². The van der Waals surface area contributed by atoms with Gasteiger partial charge in [-0.25, -0.2) is 8.42 Å². The van der Waals surface area contributed by atoms with E-state index in [9.17, 15) is 8.42 Å². The molecule has 3 aromatic rings. The van der Waals surface area contributed by atoms with E-state index in [2.05, 4.69) is 16.3 Å². The van der Waals surface area contributed by atoms with Gasteiger partial charge in [-0.2, -0.15) is 4.31 Å². The molecule has 5 rings (SSSR count). The number of rotatable bonds is 5. The topological polar surface area (TPSA) is 52.7 Å². The monoisotopic (exact) mass is 499 g/mol. The first-order valence-electron chi connectivity index (χ1n) is 11.0. The number of nitrogens with zero attached hydrogens (tertiary/aromatic N) is 2. The molecule has 1 N–H and O–H groups in total. The lowest BCUT2D eigenvalue weighted by Crippen LogP contribution is -2.49. The van der Waals surface area contributed by atoms with E-state index >= 15 is 0 Å². The molecule has 8 heteroatoms. The second-order valence-electron chi connectivity index (χ2n) is 8.47. The molecule has 1 fully saturated rings. The lowest BCUT2D eigenvalue weighted by molar-refractivity contribution is 0.181. The Morgan fingerprint density at radius 3 is 2.39 bits per heavy atom. The summed E-state index contributed by atoms with van der Waals surface area (Å²) in [5.74, 6) is 0. The Hall–Kier alpha value is -2.03. The second kappa shape index (κ2) is 9.31. The number of hydrogen-bond donors (Lipinski definition) is 1. The molecule has 1 atom stereocenters. The number of sulfonamides is 1. The van der Waals surface area contributed by atoms with Crippen LogP contribution in [0.15, 0.2) is 76.5 Å². The van der Waals surface area contributed by atoms with E-state index in [4.69, 9.17) is 11.6 Å². The van der Waals surface area contributed by atoms with Gasteiger partial charge < -0.3 is 5.32 Å². The number of benzene rings is 3. The molecule has 0 aliphatic carbocycles. The molecule has 0 bridgehead atoms. The number of piperazine rings is 1. The first-order chi connectivity index (χ1) is 15.9. The normalized spacial score (nSPS) is 17.6. The second-order valence-corrected chi connectivity index (χ2v) is 12.2. The van der Waals surface area contributed by atoms with Gasteiger partial charge in [0.1, 0.15) is 0 Å². The summed E-state index contributed by atoms with van der Waals surface area (Å²) in [5.41, 5.74) is 4.01. The molecule has 5 nitrogen and oxygen atoms in total. The molecule has 172 valence electrons. The molecule has 2 heterocycles. The summed E-state index contributed by atoms with van der Waals surface area (Å²) in [7, 11) is -3.45. The highest BCUT2D eigenvalue weighted by molar-refractivity contribution is 7.99. The quantitative estimate of drug-likeness (QED) is 0.378. The van der Waals surface area contributed by atoms with Crippen LogP contribution in [0.3, 0.4) is 0 Å². The van der Waals surface area contributed by atoms with E-state index < -0.39 is 15.3 Å². The molecule has 1 unspecified atom stereocenters. The fraction of sp³-hybridized carbons (Fsp3) is 0.280. The van der Waals surface area contributed by atoms with Gasteiger partial charge in [-0.3, -0.25) is 4.90 Å². The van der Waals surface area contributed by atoms with E-state index in [1.807, 2.05) is 60.7 Å². The van der Waals surface area contributed by atoms with E-state index in [0.29, 0.717) is 26.2 Å². The van der Waals surface area contributed by atoms with E-state index in [0.717, 1.165) is 33.4 Å². The number of halogens is 1. The van der Waals surface area contributed by atoms with Crippen LogP contribution in [-0.4, -0.2) is 43.8 Å². The molecule has 2 aliphatic heterocycles. The van der Waals surface area contributed by atoms with Crippen molar-refractivity contribution in [1.29, 1.82) is 0 Å². The Labute approximate surface area is 204 Å². The van der Waals surface area contributed by atoms with Crippen molar-refractivity contribution in [3.05, 3.63) is 82.9 Å². The zero-order valence-electron chi connectivity index (χ0n) is 18.4. The molecular weight excluding hydrogens is 474 g/mol. The molecule has 3 aromatic carbocycles. The summed E-state index contributed by atoms with van der Waals surface area (Å²) in [4.78, 5) is 4.57. The molecule has 0 aromatic heterocycles. The predicted octanol–water partition coefficient (Wildman–Crippen LogP) is 5.76. The number of hydrogen-bond acceptors (Lipinski definition) is 5. The van der Waals surface area contributed by atoms with Gasteiger partial charge in [0.25, 0.3) is 0 Å². The standard InChI is InChI=1S/C25H26ClN3O2S2/c1-18(20-8-11-25-23(16-20)27-22-4-2-3-5-24(22)32-25)33(30,31)29-14-12-28(13-15-29)17-19-6-9-21(26)10-7-19/h2-11,16,18,27H,12-15,17H2,1H3. The van der Waals surface area contributed by atoms with Gasteiger partial charge in [-0.15, -0.1) is 0 Å². The Morgan fingerprint density at radius 1 is 0.939 bits per heavy atom. The largest absolute Gasteiger partial charge is 0.354 e. The summed E-state index contributed by atoms with van der Waals surface area (Å²) in [6.07, 6.45) is 0. The molecule has 0 spiro atoms. The van der Waals surface area contributed by atoms with Crippen molar-refractivity contribution < 1.29 is 8.42 Å². The lowest BCUT2D eigenvalue weighted by atomic mass is 10.1. The third-order valence-corrected chi connectivity index (χ3v) is 9.96. The minimum atomic E-state index is -3.45. The maximum atomic E-state index is 13.4. The van der Waals surface area contributed by atoms with Crippen molar-refractivity contribution in [2.45, 2.75) is 28.5 Å². The van der Waals surface area contributed by atoms with Gasteiger partial charge in [-0.1, -0.05) is 53.7 Å². The van der Waals surface area contributed by atoms with Crippen LogP contribution in [0.1, 0.15) is 23.3 Å². The highest BCUT2D eigenvalue weighted by Gasteiger charge is 2.33. The lowest BCUT2D eigenvalue weighted by Gasteiger charge is -2.35. The number of nitrogens with one attached hydrogen (secondary N) is 1. The average molecular weight is 500 g/mol. The van der Waals surface area contributed by atoms with Crippen LogP contribution in [-0.2, 0) is 16.6 Å². The summed E-state index contributed by atoms with van der Waals surface area (Å²) in [5, 5.41) is 3.58. The molecular formula is C25H26ClN3O2S2. The smallest absolute Gasteiger partial charge is 0.220 e. The maximum absolute atomic E-state index is 13.4. The van der Waals surface area contributed by atoms with Gasteiger partial charge in [0.15, 0.2) is 0 Å². The molecule has 1 saturated heterocycles. The number of fused-ring (bicyclic) bond motifs is 2. The minimum absolute atomic E-state index is 0.507. The summed E-state index contributed by atoms with van der Waals surface area (Å²) in [6, 6.07) is 21.9. The fourth-order valence-corrected chi connectivity index (χ4v) is 7.00. The summed E-state index contributed by atoms with van der Waals surface area (Å²) >= 11 is 7.68. The Kier molecular flexibility index (Phi) is 6.42. The average Bonchev–Trinajstić information content (AvgIpc) is 2.83. The van der Waals surface area contributed by atoms with Crippen LogP contribution >= 0.6 is 23.4 Å². The van der Waals surface area contributed by atoms with Gasteiger partial charge in [-0.05, 0) is 54.4 Å². The third-order valence-electron chi connectivity index (χ3n) is 6.31. The SMILES string of the molecule is CC(c1ccc2c(c1)Nc1ccccc1S2)S(=O)(=O)N1CCN(Cc2ccc(Cl)cc2)CC1. The molecule has 0 radical (unpaired) electrons. The fourth-order valence-electron chi connectivity index (χ4n) is 4.30. The summed E-state index contributed by atoms with van der Waals surface area (Å²) < 4.78 is 28.5. The Balaban J connectivity index is 1.25. The zero-order valence-corrected chi connectivity index (χ0v) is 20.8. The predicted molar refractivity (Wildman–Crippen MR) is 136 cm³/mol. The zero-order chi connectivity index (χ0) is 23.0. The van der Waals surface area contributed by atoms with Crippen molar-refractivity contribution in [1.82, 2.24) is 9.21 Å². The highest BCUT2D eigenvalue weighted by atomic mass is 35.5. The molecule has 0 amide bonds. The van der Waals surface area contributed by atoms with E-state index in [1.54, 1.807) is 23.0 Å². The van der Waals surface area contributed by atoms with Gasteiger partial charge in [0, 0.05) is 47.5 Å². The summed E-state index contributed by atoms with van der Waals surface area (Å²) in [6.45, 7) is 5.04. The first kappa shape index (κ1) is 22.7. The van der Waals surface area contributed by atoms with Crippen molar-refractivity contribution in [2.75, 3.05) is 31.5 Å². The third kappa shape index (κ3) is 4.79. The van der Waals surface area contributed by atoms with Crippen LogP contribution in [0.2, 0.25) is 5.02 Å². The van der Waals surface area contributed by atoms with E-state index in [-0.39, 0.29) is 0 Å². The molecule has 0 saturated carbocycles. The Morgan fingerprint density at radius 2 is 1.64 bits per heavy atom. The van der Waals surface area contributed by atoms with Crippen molar-refractivity contribution in [3.63, 3.8) is 0 Å². The van der Waals surface area contributed by atoms with Crippen LogP contribution in [0.4, 0.5) is 11.4 Å². The number of para-hydroxylation sites is 1. The van der Waals surface area contributed by atoms with Crippen LogP contribution < -0.4 is 5.32 Å². The van der Waals surface area contributed by atoms with Crippen LogP contribution in [0, 0.1) is 0 Å².